The Balaban J connectivity index is 2.58. The predicted molar refractivity (Wildman–Crippen MR) is 75.7 cm³/mol. The van der Waals surface area contributed by atoms with Crippen molar-refractivity contribution in [3.05, 3.63) is 28.8 Å². The molecule has 0 atom stereocenters. The number of halogens is 1. The number of hydrogen-bond donors (Lipinski definition) is 2. The van der Waals surface area contributed by atoms with E-state index in [1.165, 1.54) is 11.8 Å². The Morgan fingerprint density at radius 1 is 1.40 bits per heavy atom. The van der Waals surface area contributed by atoms with Crippen LogP contribution in [0.15, 0.2) is 23.1 Å². The molecule has 2 amide bonds. The summed E-state index contributed by atoms with van der Waals surface area (Å²) in [6, 6.07) is 4.93. The summed E-state index contributed by atoms with van der Waals surface area (Å²) in [6.45, 7) is -0.814. The van der Waals surface area contributed by atoms with E-state index in [-0.39, 0.29) is 17.1 Å². The molecule has 0 spiro atoms. The normalized spacial score (nSPS) is 9.90. The first-order valence-electron chi connectivity index (χ1n) is 5.49. The van der Waals surface area contributed by atoms with E-state index in [1.54, 1.807) is 18.2 Å². The number of nitrogens with one attached hydrogen (secondary N) is 1. The summed E-state index contributed by atoms with van der Waals surface area (Å²) in [5.41, 5.74) is 5.04. The van der Waals surface area contributed by atoms with Gasteiger partial charge in [0.1, 0.15) is 0 Å². The zero-order valence-electron chi connectivity index (χ0n) is 10.6. The van der Waals surface area contributed by atoms with Crippen LogP contribution in [0.1, 0.15) is 10.4 Å². The molecule has 1 rings (SSSR count). The van der Waals surface area contributed by atoms with E-state index in [2.05, 4.69) is 5.32 Å². The molecule has 0 aliphatic rings. The fraction of sp³-hybridized carbons (Fsp3) is 0.250. The Morgan fingerprint density at radius 2 is 2.10 bits per heavy atom. The van der Waals surface area contributed by atoms with E-state index in [0.29, 0.717) is 0 Å². The highest BCUT2D eigenvalue weighted by Gasteiger charge is 2.14. The predicted octanol–water partition coefficient (Wildman–Crippen LogP) is 0.820. The molecule has 0 aliphatic carbocycles. The van der Waals surface area contributed by atoms with Crippen LogP contribution in [0.25, 0.3) is 0 Å². The largest absolute Gasteiger partial charge is 0.452 e. The second-order valence-corrected chi connectivity index (χ2v) is 4.95. The summed E-state index contributed by atoms with van der Waals surface area (Å²) in [5, 5.41) is 2.44. The lowest BCUT2D eigenvalue weighted by Gasteiger charge is -2.07. The van der Waals surface area contributed by atoms with E-state index < -0.39 is 24.4 Å². The lowest BCUT2D eigenvalue weighted by Crippen LogP contribution is -2.36. The Kier molecular flexibility index (Phi) is 6.33. The van der Waals surface area contributed by atoms with Crippen molar-refractivity contribution < 1.29 is 19.1 Å². The van der Waals surface area contributed by atoms with Crippen molar-refractivity contribution in [2.45, 2.75) is 4.90 Å². The summed E-state index contributed by atoms with van der Waals surface area (Å²) in [4.78, 5) is 34.4. The third-order valence-corrected chi connectivity index (χ3v) is 3.24. The molecule has 1 aromatic rings. The van der Waals surface area contributed by atoms with Crippen molar-refractivity contribution >= 4 is 41.1 Å². The highest BCUT2D eigenvalue weighted by atomic mass is 35.5. The average Bonchev–Trinajstić information content (AvgIpc) is 2.43. The van der Waals surface area contributed by atoms with Crippen LogP contribution in [0.3, 0.4) is 0 Å². The Labute approximate surface area is 125 Å². The summed E-state index contributed by atoms with van der Waals surface area (Å²) < 4.78 is 4.81. The SMILES string of the molecule is CSc1ccc(Cl)c(C(=O)OCC(=O)NCC(N)=O)c1. The maximum atomic E-state index is 11.8. The molecule has 6 nitrogen and oxygen atoms in total. The van der Waals surface area contributed by atoms with Gasteiger partial charge in [0, 0.05) is 4.90 Å². The zero-order chi connectivity index (χ0) is 15.1. The van der Waals surface area contributed by atoms with E-state index >= 15 is 0 Å². The number of rotatable bonds is 6. The second-order valence-electron chi connectivity index (χ2n) is 3.66. The summed E-state index contributed by atoms with van der Waals surface area (Å²) in [7, 11) is 0. The van der Waals surface area contributed by atoms with Crippen LogP contribution in [0.2, 0.25) is 5.02 Å². The molecule has 0 aromatic heterocycles. The molecule has 0 bridgehead atoms. The number of carbonyl (C=O) groups is 3. The van der Waals surface area contributed by atoms with Crippen molar-refractivity contribution in [1.82, 2.24) is 5.32 Å². The molecule has 20 heavy (non-hydrogen) atoms. The van der Waals surface area contributed by atoms with Crippen molar-refractivity contribution in [1.29, 1.82) is 0 Å². The van der Waals surface area contributed by atoms with E-state index in [4.69, 9.17) is 22.1 Å². The number of carbonyl (C=O) groups excluding carboxylic acids is 3. The smallest absolute Gasteiger partial charge is 0.340 e. The Hall–Kier alpha value is -1.73. The minimum absolute atomic E-state index is 0.182. The first kappa shape index (κ1) is 16.3. The maximum absolute atomic E-state index is 11.8. The number of amides is 2. The summed E-state index contributed by atoms with van der Waals surface area (Å²) >= 11 is 7.34. The van der Waals surface area contributed by atoms with E-state index in [9.17, 15) is 14.4 Å². The van der Waals surface area contributed by atoms with Crippen molar-refractivity contribution in [2.75, 3.05) is 19.4 Å². The van der Waals surface area contributed by atoms with Gasteiger partial charge in [-0.3, -0.25) is 9.59 Å². The monoisotopic (exact) mass is 316 g/mol. The van der Waals surface area contributed by atoms with Crippen LogP contribution in [0, 0.1) is 0 Å². The maximum Gasteiger partial charge on any atom is 0.340 e. The van der Waals surface area contributed by atoms with Gasteiger partial charge in [-0.1, -0.05) is 11.6 Å². The van der Waals surface area contributed by atoms with Gasteiger partial charge in [-0.15, -0.1) is 11.8 Å². The molecule has 3 N–H and O–H groups in total. The van der Waals surface area contributed by atoms with Gasteiger partial charge < -0.3 is 15.8 Å². The molecule has 8 heteroatoms. The molecule has 0 fully saturated rings. The molecule has 0 unspecified atom stereocenters. The quantitative estimate of drug-likeness (QED) is 0.598. The first-order chi connectivity index (χ1) is 9.43. The number of primary amides is 1. The van der Waals surface area contributed by atoms with E-state index in [0.717, 1.165) is 4.90 Å². The van der Waals surface area contributed by atoms with Crippen molar-refractivity contribution in [3.8, 4) is 0 Å². The Bertz CT molecular complexity index is 536. The first-order valence-corrected chi connectivity index (χ1v) is 7.10. The Morgan fingerprint density at radius 3 is 2.70 bits per heavy atom. The van der Waals surface area contributed by atoms with E-state index in [1.807, 2.05) is 6.26 Å². The molecular weight excluding hydrogens is 304 g/mol. The van der Waals surface area contributed by atoms with Crippen LogP contribution in [0.4, 0.5) is 0 Å². The van der Waals surface area contributed by atoms with Gasteiger partial charge in [-0.05, 0) is 24.5 Å². The standard InChI is InChI=1S/C12H13ClN2O4S/c1-20-7-2-3-9(13)8(4-7)12(18)19-6-11(17)15-5-10(14)16/h2-4H,5-6H2,1H3,(H2,14,16)(H,15,17). The third-order valence-electron chi connectivity index (χ3n) is 2.19. The average molecular weight is 317 g/mol. The van der Waals surface area contributed by atoms with Crippen molar-refractivity contribution in [2.24, 2.45) is 5.73 Å². The van der Waals surface area contributed by atoms with Gasteiger partial charge in [0.2, 0.25) is 5.91 Å². The number of nitrogens with two attached hydrogens (primary N) is 1. The van der Waals surface area contributed by atoms with Gasteiger partial charge in [-0.2, -0.15) is 0 Å². The van der Waals surface area contributed by atoms with Gasteiger partial charge in [0.25, 0.3) is 5.91 Å². The fourth-order valence-electron chi connectivity index (χ4n) is 1.23. The lowest BCUT2D eigenvalue weighted by atomic mass is 10.2. The molecule has 0 heterocycles. The third kappa shape index (κ3) is 5.10. The fourth-order valence-corrected chi connectivity index (χ4v) is 1.87. The zero-order valence-corrected chi connectivity index (χ0v) is 12.2. The molecule has 0 radical (unpaired) electrons. The molecular formula is C12H13ClN2O4S. The molecule has 0 saturated heterocycles. The minimum Gasteiger partial charge on any atom is -0.452 e. The molecule has 1 aromatic carbocycles. The van der Waals surface area contributed by atoms with Gasteiger partial charge in [-0.25, -0.2) is 4.79 Å². The van der Waals surface area contributed by atoms with Crippen LogP contribution in [-0.4, -0.2) is 37.2 Å². The van der Waals surface area contributed by atoms with Crippen molar-refractivity contribution in [3.63, 3.8) is 0 Å². The molecule has 0 saturated carbocycles. The second kappa shape index (κ2) is 7.76. The molecule has 108 valence electrons. The highest BCUT2D eigenvalue weighted by Crippen LogP contribution is 2.23. The van der Waals surface area contributed by atoms with Crippen LogP contribution < -0.4 is 11.1 Å². The number of thioether (sulfide) groups is 1. The number of esters is 1. The topological polar surface area (TPSA) is 98.5 Å². The minimum atomic E-state index is -0.708. The van der Waals surface area contributed by atoms with Gasteiger partial charge in [0.15, 0.2) is 6.61 Å². The van der Waals surface area contributed by atoms with Crippen LogP contribution in [-0.2, 0) is 14.3 Å². The van der Waals surface area contributed by atoms with Crippen LogP contribution in [0.5, 0.6) is 0 Å². The summed E-state index contributed by atoms with van der Waals surface area (Å²) in [6.07, 6.45) is 1.86. The van der Waals surface area contributed by atoms with Crippen LogP contribution >= 0.6 is 23.4 Å². The summed E-state index contributed by atoms with van der Waals surface area (Å²) in [5.74, 6) is -2.00. The number of ether oxygens (including phenoxy) is 1. The number of benzene rings is 1. The highest BCUT2D eigenvalue weighted by molar-refractivity contribution is 7.98. The lowest BCUT2D eigenvalue weighted by molar-refractivity contribution is -0.127. The van der Waals surface area contributed by atoms with Gasteiger partial charge >= 0.3 is 5.97 Å². The van der Waals surface area contributed by atoms with Gasteiger partial charge in [0.05, 0.1) is 17.1 Å². The molecule has 0 aliphatic heterocycles. The number of hydrogen-bond acceptors (Lipinski definition) is 5.